The SMILES string of the molecule is COc1ccc(C=C2N=C(c3ccccc3)OC2=O)cc1OCC(=O)NCCc1ccccc1. The van der Waals surface area contributed by atoms with E-state index < -0.39 is 5.97 Å². The van der Waals surface area contributed by atoms with E-state index >= 15 is 0 Å². The summed E-state index contributed by atoms with van der Waals surface area (Å²) in [6, 6.07) is 24.3. The number of hydrogen-bond acceptors (Lipinski definition) is 6. The molecule has 3 aromatic carbocycles. The monoisotopic (exact) mass is 456 g/mol. The Bertz CT molecular complexity index is 1220. The Morgan fingerprint density at radius 1 is 1.00 bits per heavy atom. The third-order valence-electron chi connectivity index (χ3n) is 5.07. The molecule has 4 rings (SSSR count). The van der Waals surface area contributed by atoms with Crippen LogP contribution in [0.1, 0.15) is 16.7 Å². The van der Waals surface area contributed by atoms with E-state index in [1.54, 1.807) is 24.3 Å². The highest BCUT2D eigenvalue weighted by Crippen LogP contribution is 2.29. The summed E-state index contributed by atoms with van der Waals surface area (Å²) in [5.41, 5.74) is 2.70. The molecule has 3 aromatic rings. The molecule has 0 aliphatic carbocycles. The number of esters is 1. The second kappa shape index (κ2) is 11.0. The van der Waals surface area contributed by atoms with Crippen molar-refractivity contribution in [1.82, 2.24) is 5.32 Å². The molecule has 0 fully saturated rings. The number of benzene rings is 3. The minimum Gasteiger partial charge on any atom is -0.493 e. The van der Waals surface area contributed by atoms with Gasteiger partial charge in [-0.25, -0.2) is 9.79 Å². The molecule has 1 heterocycles. The fraction of sp³-hybridized carbons (Fsp3) is 0.148. The topological polar surface area (TPSA) is 86.2 Å². The smallest absolute Gasteiger partial charge is 0.363 e. The van der Waals surface area contributed by atoms with Crippen molar-refractivity contribution in [3.63, 3.8) is 0 Å². The van der Waals surface area contributed by atoms with E-state index in [1.165, 1.54) is 7.11 Å². The number of hydrogen-bond donors (Lipinski definition) is 1. The van der Waals surface area contributed by atoms with Crippen molar-refractivity contribution in [3.8, 4) is 11.5 Å². The third kappa shape index (κ3) is 5.89. The summed E-state index contributed by atoms with van der Waals surface area (Å²) < 4.78 is 16.3. The van der Waals surface area contributed by atoms with Crippen LogP contribution in [0.25, 0.3) is 6.08 Å². The Morgan fingerprint density at radius 3 is 2.47 bits per heavy atom. The van der Waals surface area contributed by atoms with Gasteiger partial charge in [-0.05, 0) is 47.9 Å². The summed E-state index contributed by atoms with van der Waals surface area (Å²) in [4.78, 5) is 28.8. The van der Waals surface area contributed by atoms with Gasteiger partial charge in [-0.2, -0.15) is 0 Å². The molecule has 0 saturated heterocycles. The van der Waals surface area contributed by atoms with E-state index in [0.29, 0.717) is 23.6 Å². The number of cyclic esters (lactones) is 1. The number of ether oxygens (including phenoxy) is 3. The van der Waals surface area contributed by atoms with Crippen LogP contribution in [0.3, 0.4) is 0 Å². The number of amides is 1. The Balaban J connectivity index is 1.40. The lowest BCUT2D eigenvalue weighted by Crippen LogP contribution is -2.30. The molecule has 0 unspecified atom stereocenters. The first-order valence-corrected chi connectivity index (χ1v) is 10.8. The minimum atomic E-state index is -0.532. The molecule has 0 saturated carbocycles. The molecule has 1 amide bonds. The summed E-state index contributed by atoms with van der Waals surface area (Å²) in [6.45, 7) is 0.350. The quantitative estimate of drug-likeness (QED) is 0.391. The second-order valence-electron chi connectivity index (χ2n) is 7.49. The highest BCUT2D eigenvalue weighted by molar-refractivity contribution is 6.12. The average Bonchev–Trinajstić information content (AvgIpc) is 3.24. The number of methoxy groups -OCH3 is 1. The lowest BCUT2D eigenvalue weighted by molar-refractivity contribution is -0.130. The molecule has 0 radical (unpaired) electrons. The Kier molecular flexibility index (Phi) is 7.35. The first kappa shape index (κ1) is 22.8. The fourth-order valence-electron chi connectivity index (χ4n) is 3.35. The van der Waals surface area contributed by atoms with Crippen molar-refractivity contribution in [1.29, 1.82) is 0 Å². The van der Waals surface area contributed by atoms with E-state index in [4.69, 9.17) is 14.2 Å². The van der Waals surface area contributed by atoms with Crippen LogP contribution in [-0.2, 0) is 20.7 Å². The standard InChI is InChI=1S/C27H24N2O5/c1-32-23-13-12-20(16-22-27(31)34-26(29-22)21-10-6-3-7-11-21)17-24(23)33-18-25(30)28-15-14-19-8-4-2-5-9-19/h2-13,16-17H,14-15,18H2,1H3,(H,28,30). The van der Waals surface area contributed by atoms with E-state index in [2.05, 4.69) is 10.3 Å². The summed E-state index contributed by atoms with van der Waals surface area (Å²) in [5.74, 6) is 0.345. The molecule has 34 heavy (non-hydrogen) atoms. The summed E-state index contributed by atoms with van der Waals surface area (Å²) in [7, 11) is 1.52. The Hall–Kier alpha value is -4.39. The van der Waals surface area contributed by atoms with Crippen molar-refractivity contribution < 1.29 is 23.8 Å². The van der Waals surface area contributed by atoms with Crippen molar-refractivity contribution in [2.75, 3.05) is 20.3 Å². The van der Waals surface area contributed by atoms with Crippen LogP contribution in [0.5, 0.6) is 11.5 Å². The molecule has 7 nitrogen and oxygen atoms in total. The first-order valence-electron chi connectivity index (χ1n) is 10.8. The minimum absolute atomic E-state index is 0.163. The third-order valence-corrected chi connectivity index (χ3v) is 5.07. The molecular weight excluding hydrogens is 432 g/mol. The summed E-state index contributed by atoms with van der Waals surface area (Å²) >= 11 is 0. The Labute approximate surface area is 197 Å². The van der Waals surface area contributed by atoms with Gasteiger partial charge >= 0.3 is 5.97 Å². The van der Waals surface area contributed by atoms with Crippen LogP contribution in [0, 0.1) is 0 Å². The van der Waals surface area contributed by atoms with E-state index in [0.717, 1.165) is 17.5 Å². The van der Waals surface area contributed by atoms with Gasteiger partial charge in [-0.1, -0.05) is 54.6 Å². The molecule has 172 valence electrons. The van der Waals surface area contributed by atoms with Crippen LogP contribution in [-0.4, -0.2) is 38.0 Å². The number of aliphatic imine (C=N–C) groups is 1. The lowest BCUT2D eigenvalue weighted by atomic mass is 10.1. The van der Waals surface area contributed by atoms with Crippen molar-refractivity contribution in [2.45, 2.75) is 6.42 Å². The maximum Gasteiger partial charge on any atom is 0.363 e. The fourth-order valence-corrected chi connectivity index (χ4v) is 3.35. The van der Waals surface area contributed by atoms with E-state index in [9.17, 15) is 9.59 Å². The number of nitrogens with zero attached hydrogens (tertiary/aromatic N) is 1. The molecule has 7 heteroatoms. The zero-order chi connectivity index (χ0) is 23.8. The molecule has 0 bridgehead atoms. The predicted molar refractivity (Wildman–Crippen MR) is 129 cm³/mol. The second-order valence-corrected chi connectivity index (χ2v) is 7.49. The average molecular weight is 456 g/mol. The maximum atomic E-state index is 12.3. The molecule has 1 aliphatic rings. The summed E-state index contributed by atoms with van der Waals surface area (Å²) in [5, 5.41) is 2.84. The zero-order valence-electron chi connectivity index (χ0n) is 18.7. The van der Waals surface area contributed by atoms with E-state index in [1.807, 2.05) is 60.7 Å². The highest BCUT2D eigenvalue weighted by Gasteiger charge is 2.24. The van der Waals surface area contributed by atoms with Gasteiger partial charge in [-0.15, -0.1) is 0 Å². The van der Waals surface area contributed by atoms with E-state index in [-0.39, 0.29) is 24.1 Å². The van der Waals surface area contributed by atoms with Crippen LogP contribution in [0.2, 0.25) is 0 Å². The van der Waals surface area contributed by atoms with Gasteiger partial charge in [0.05, 0.1) is 7.11 Å². The van der Waals surface area contributed by atoms with Gasteiger partial charge in [0.2, 0.25) is 5.90 Å². The number of rotatable bonds is 9. The normalized spacial score (nSPS) is 13.9. The van der Waals surface area contributed by atoms with Gasteiger partial charge in [-0.3, -0.25) is 4.79 Å². The van der Waals surface area contributed by atoms with Crippen molar-refractivity contribution in [3.05, 3.63) is 101 Å². The van der Waals surface area contributed by atoms with Gasteiger partial charge in [0.25, 0.3) is 5.91 Å². The number of carbonyl (C=O) groups is 2. The number of nitrogens with one attached hydrogen (secondary N) is 1. The zero-order valence-corrected chi connectivity index (χ0v) is 18.7. The van der Waals surface area contributed by atoms with Gasteiger partial charge < -0.3 is 19.5 Å². The van der Waals surface area contributed by atoms with Crippen LogP contribution in [0.4, 0.5) is 0 Å². The Morgan fingerprint density at radius 2 is 1.74 bits per heavy atom. The molecule has 0 spiro atoms. The van der Waals surface area contributed by atoms with Crippen LogP contribution < -0.4 is 14.8 Å². The van der Waals surface area contributed by atoms with Gasteiger partial charge in [0.1, 0.15) is 0 Å². The lowest BCUT2D eigenvalue weighted by Gasteiger charge is -2.12. The molecule has 0 aromatic heterocycles. The van der Waals surface area contributed by atoms with Crippen LogP contribution >= 0.6 is 0 Å². The molecule has 1 aliphatic heterocycles. The molecule has 0 atom stereocenters. The highest BCUT2D eigenvalue weighted by atomic mass is 16.6. The predicted octanol–water partition coefficient (Wildman–Crippen LogP) is 3.78. The van der Waals surface area contributed by atoms with Crippen LogP contribution in [0.15, 0.2) is 89.6 Å². The molecular formula is C27H24N2O5. The van der Waals surface area contributed by atoms with Crippen molar-refractivity contribution in [2.24, 2.45) is 4.99 Å². The van der Waals surface area contributed by atoms with Gasteiger partial charge in [0, 0.05) is 12.1 Å². The number of carbonyl (C=O) groups excluding carboxylic acids is 2. The first-order chi connectivity index (χ1) is 16.6. The summed E-state index contributed by atoms with van der Waals surface area (Å²) in [6.07, 6.45) is 2.34. The maximum absolute atomic E-state index is 12.3. The largest absolute Gasteiger partial charge is 0.493 e. The van der Waals surface area contributed by atoms with Gasteiger partial charge in [0.15, 0.2) is 23.8 Å². The van der Waals surface area contributed by atoms with Crippen molar-refractivity contribution >= 4 is 23.9 Å². The molecule has 1 N–H and O–H groups in total.